The summed E-state index contributed by atoms with van der Waals surface area (Å²) in [6.45, 7) is 7.69. The summed E-state index contributed by atoms with van der Waals surface area (Å²) in [5.74, 6) is 2.68. The van der Waals surface area contributed by atoms with Crippen LogP contribution in [0, 0.1) is 11.8 Å². The lowest BCUT2D eigenvalue weighted by Gasteiger charge is -2.29. The molecule has 1 unspecified atom stereocenters. The molecule has 5 heteroatoms. The summed E-state index contributed by atoms with van der Waals surface area (Å²) in [5, 5.41) is 8.68. The van der Waals surface area contributed by atoms with Crippen LogP contribution in [-0.4, -0.2) is 38.7 Å². The molecule has 1 rings (SSSR count). The van der Waals surface area contributed by atoms with Crippen molar-refractivity contribution in [3.8, 4) is 0 Å². The highest BCUT2D eigenvalue weighted by Crippen LogP contribution is 2.41. The standard InChI is InChI=1S/C11H16O3.C6H16OS/c1-8(12)5-6-9-3-2-4-10(9)7-11(13)14;1-4-8(7,5-2)6-3/h5-6,9-10H,2-4,7H2,1H3,(H,13,14);7H,4-6H2,1-3H3/b6-5+;/t9?,10-;/m1./s1. The molecule has 1 saturated carbocycles. The number of carbonyl (C=O) groups is 2. The van der Waals surface area contributed by atoms with Crippen molar-refractivity contribution in [3.05, 3.63) is 12.2 Å². The Bertz CT molecular complexity index is 367. The van der Waals surface area contributed by atoms with E-state index in [0.29, 0.717) is 0 Å². The predicted octanol–water partition coefficient (Wildman–Crippen LogP) is 4.35. The minimum absolute atomic E-state index is 0.0333. The summed E-state index contributed by atoms with van der Waals surface area (Å²) in [6, 6.07) is 0. The topological polar surface area (TPSA) is 74.6 Å². The van der Waals surface area contributed by atoms with Crippen LogP contribution >= 0.6 is 10.3 Å². The Labute approximate surface area is 136 Å². The van der Waals surface area contributed by atoms with E-state index >= 15 is 0 Å². The van der Waals surface area contributed by atoms with E-state index in [1.165, 1.54) is 6.92 Å². The van der Waals surface area contributed by atoms with Crippen LogP contribution in [-0.2, 0) is 9.59 Å². The molecule has 22 heavy (non-hydrogen) atoms. The minimum atomic E-state index is -1.15. The number of ketones is 1. The van der Waals surface area contributed by atoms with Crippen LogP contribution in [0.4, 0.5) is 0 Å². The van der Waals surface area contributed by atoms with Crippen LogP contribution in [0.25, 0.3) is 0 Å². The van der Waals surface area contributed by atoms with Crippen molar-refractivity contribution in [2.45, 2.75) is 53.4 Å². The van der Waals surface area contributed by atoms with E-state index in [2.05, 4.69) is 20.8 Å². The molecule has 0 radical (unpaired) electrons. The number of carbonyl (C=O) groups excluding carboxylic acids is 1. The zero-order valence-electron chi connectivity index (χ0n) is 14.4. The molecule has 2 N–H and O–H groups in total. The maximum Gasteiger partial charge on any atom is 0.303 e. The van der Waals surface area contributed by atoms with Crippen molar-refractivity contribution in [2.24, 2.45) is 11.8 Å². The molecule has 0 spiro atoms. The van der Waals surface area contributed by atoms with Gasteiger partial charge in [-0.3, -0.25) is 9.59 Å². The summed E-state index contributed by atoms with van der Waals surface area (Å²) in [5.41, 5.74) is 0. The van der Waals surface area contributed by atoms with E-state index in [0.717, 1.165) is 36.5 Å². The Kier molecular flexibility index (Phi) is 10.4. The SMILES string of the molecule is CC(=O)/C=C/C1CCC[C@@H]1CC(=O)O.CCS(O)(CC)CC. The number of hydrogen-bond acceptors (Lipinski definition) is 3. The van der Waals surface area contributed by atoms with E-state index in [-0.39, 0.29) is 24.0 Å². The van der Waals surface area contributed by atoms with Gasteiger partial charge in [-0.1, -0.05) is 33.3 Å². The van der Waals surface area contributed by atoms with Gasteiger partial charge in [-0.15, -0.1) is 10.3 Å². The molecule has 0 aromatic heterocycles. The molecule has 0 heterocycles. The summed E-state index contributed by atoms with van der Waals surface area (Å²) < 4.78 is 9.52. The fraction of sp³-hybridized carbons (Fsp3) is 0.765. The summed E-state index contributed by atoms with van der Waals surface area (Å²) >= 11 is 0. The van der Waals surface area contributed by atoms with Crippen molar-refractivity contribution >= 4 is 22.1 Å². The quantitative estimate of drug-likeness (QED) is 0.680. The van der Waals surface area contributed by atoms with Gasteiger partial charge in [0.1, 0.15) is 0 Å². The Hall–Kier alpha value is -0.810. The fourth-order valence-corrected chi connectivity index (χ4v) is 3.89. The van der Waals surface area contributed by atoms with Gasteiger partial charge in [-0.2, -0.15) is 0 Å². The van der Waals surface area contributed by atoms with Gasteiger partial charge in [0.05, 0.1) is 0 Å². The van der Waals surface area contributed by atoms with Gasteiger partial charge >= 0.3 is 5.97 Å². The second-order valence-corrected chi connectivity index (χ2v) is 9.52. The van der Waals surface area contributed by atoms with Gasteiger partial charge in [-0.25, -0.2) is 0 Å². The van der Waals surface area contributed by atoms with Crippen LogP contribution < -0.4 is 0 Å². The lowest BCUT2D eigenvalue weighted by Crippen LogP contribution is -2.11. The Morgan fingerprint density at radius 1 is 1.14 bits per heavy atom. The molecule has 1 fully saturated rings. The second-order valence-electron chi connectivity index (χ2n) is 5.79. The lowest BCUT2D eigenvalue weighted by atomic mass is 9.92. The summed E-state index contributed by atoms with van der Waals surface area (Å²) in [7, 11) is -1.15. The van der Waals surface area contributed by atoms with E-state index in [9.17, 15) is 14.1 Å². The van der Waals surface area contributed by atoms with Gasteiger partial charge in [0.15, 0.2) is 5.78 Å². The number of allylic oxidation sites excluding steroid dienone is 2. The summed E-state index contributed by atoms with van der Waals surface area (Å²) in [4.78, 5) is 21.3. The molecular formula is C17H32O4S. The normalized spacial score (nSPS) is 22.2. The highest BCUT2D eigenvalue weighted by Gasteiger charge is 2.26. The fourth-order valence-electron chi connectivity index (χ4n) is 2.67. The van der Waals surface area contributed by atoms with Crippen LogP contribution in [0.15, 0.2) is 12.2 Å². The lowest BCUT2D eigenvalue weighted by molar-refractivity contribution is -0.138. The highest BCUT2D eigenvalue weighted by atomic mass is 32.3. The first-order valence-corrected chi connectivity index (χ1v) is 10.3. The van der Waals surface area contributed by atoms with Crippen LogP contribution in [0.2, 0.25) is 0 Å². The third-order valence-corrected chi connectivity index (χ3v) is 7.57. The Balaban J connectivity index is 0.000000472. The van der Waals surface area contributed by atoms with Gasteiger partial charge in [-0.05, 0) is 54.9 Å². The number of aliphatic carboxylic acids is 1. The molecule has 0 saturated heterocycles. The van der Waals surface area contributed by atoms with E-state index < -0.39 is 16.3 Å². The number of carboxylic acids is 1. The monoisotopic (exact) mass is 332 g/mol. The maximum absolute atomic E-state index is 10.7. The zero-order chi connectivity index (χ0) is 17.2. The average Bonchev–Trinajstić information content (AvgIpc) is 2.91. The van der Waals surface area contributed by atoms with Crippen LogP contribution in [0.3, 0.4) is 0 Å². The minimum Gasteiger partial charge on any atom is -0.481 e. The molecule has 0 bridgehead atoms. The molecule has 0 amide bonds. The first-order chi connectivity index (χ1) is 10.3. The Morgan fingerprint density at radius 3 is 2.05 bits per heavy atom. The molecule has 1 aliphatic carbocycles. The zero-order valence-corrected chi connectivity index (χ0v) is 15.2. The molecule has 1 aliphatic rings. The predicted molar refractivity (Wildman–Crippen MR) is 94.7 cm³/mol. The van der Waals surface area contributed by atoms with E-state index in [4.69, 9.17) is 5.11 Å². The number of carboxylic acid groups (broad SMARTS) is 1. The number of rotatable bonds is 7. The Morgan fingerprint density at radius 2 is 1.68 bits per heavy atom. The molecule has 4 nitrogen and oxygen atoms in total. The van der Waals surface area contributed by atoms with Gasteiger partial charge < -0.3 is 9.66 Å². The molecule has 0 aromatic rings. The number of hydrogen-bond donors (Lipinski definition) is 2. The first-order valence-electron chi connectivity index (χ1n) is 8.17. The molecule has 130 valence electrons. The van der Waals surface area contributed by atoms with E-state index in [1.807, 2.05) is 6.08 Å². The molecule has 0 aliphatic heterocycles. The van der Waals surface area contributed by atoms with Crippen molar-refractivity contribution in [3.63, 3.8) is 0 Å². The highest BCUT2D eigenvalue weighted by molar-refractivity contribution is 8.29. The third-order valence-electron chi connectivity index (χ3n) is 4.34. The largest absolute Gasteiger partial charge is 0.481 e. The third kappa shape index (κ3) is 8.59. The van der Waals surface area contributed by atoms with Crippen molar-refractivity contribution in [1.82, 2.24) is 0 Å². The molecular weight excluding hydrogens is 300 g/mol. The average molecular weight is 333 g/mol. The van der Waals surface area contributed by atoms with Gasteiger partial charge in [0.2, 0.25) is 0 Å². The molecule has 2 atom stereocenters. The first kappa shape index (κ1) is 21.2. The van der Waals surface area contributed by atoms with Crippen LogP contribution in [0.1, 0.15) is 53.4 Å². The molecule has 0 aromatic carbocycles. The summed E-state index contributed by atoms with van der Waals surface area (Å²) in [6.07, 6.45) is 6.73. The smallest absolute Gasteiger partial charge is 0.303 e. The maximum atomic E-state index is 10.7. The van der Waals surface area contributed by atoms with Crippen molar-refractivity contribution in [1.29, 1.82) is 0 Å². The van der Waals surface area contributed by atoms with Crippen molar-refractivity contribution in [2.75, 3.05) is 17.3 Å². The van der Waals surface area contributed by atoms with E-state index in [1.54, 1.807) is 6.08 Å². The van der Waals surface area contributed by atoms with Crippen molar-refractivity contribution < 1.29 is 19.2 Å². The second kappa shape index (κ2) is 10.8. The van der Waals surface area contributed by atoms with Gasteiger partial charge in [0, 0.05) is 6.42 Å². The van der Waals surface area contributed by atoms with Crippen LogP contribution in [0.5, 0.6) is 0 Å². The van der Waals surface area contributed by atoms with Gasteiger partial charge in [0.25, 0.3) is 0 Å².